The smallest absolute Gasteiger partial charge is 0.317 e. The maximum Gasteiger partial charge on any atom is 0.317 e. The quantitative estimate of drug-likeness (QED) is 0.205. The van der Waals surface area contributed by atoms with Gasteiger partial charge in [0.2, 0.25) is 5.91 Å². The largest absolute Gasteiger partial charge is 0.511 e. The summed E-state index contributed by atoms with van der Waals surface area (Å²) >= 11 is 0. The van der Waals surface area contributed by atoms with Crippen LogP contribution in [-0.2, 0) is 19.2 Å². The fourth-order valence-electron chi connectivity index (χ4n) is 4.13. The van der Waals surface area contributed by atoms with E-state index in [-0.39, 0.29) is 50.2 Å². The summed E-state index contributed by atoms with van der Waals surface area (Å²) in [5.41, 5.74) is 0. The van der Waals surface area contributed by atoms with Crippen LogP contribution in [0.25, 0.3) is 0 Å². The number of aliphatic carboxylic acids is 3. The summed E-state index contributed by atoms with van der Waals surface area (Å²) in [5.74, 6) is -3.33. The SMILES string of the molecule is C=C(O)C(CCC(=O)NC(C)C)N1CCN(CC(=O)O)CCN(CC(=O)O)CCN(CC(=O)O)CC1. The molecule has 0 spiro atoms. The molecule has 1 atom stereocenters. The predicted molar refractivity (Wildman–Crippen MR) is 132 cm³/mol. The Morgan fingerprint density at radius 2 is 1.08 bits per heavy atom. The Morgan fingerprint density at radius 1 is 0.722 bits per heavy atom. The van der Waals surface area contributed by atoms with E-state index >= 15 is 0 Å². The first-order valence-electron chi connectivity index (χ1n) is 12.1. The van der Waals surface area contributed by atoms with Crippen molar-refractivity contribution in [2.45, 2.75) is 38.8 Å². The number of aliphatic hydroxyl groups is 1. The van der Waals surface area contributed by atoms with Crippen molar-refractivity contribution >= 4 is 23.8 Å². The Labute approximate surface area is 211 Å². The predicted octanol–water partition coefficient (Wildman–Crippen LogP) is -0.793. The average Bonchev–Trinajstić information content (AvgIpc) is 2.73. The highest BCUT2D eigenvalue weighted by Gasteiger charge is 2.26. The second kappa shape index (κ2) is 16.1. The molecule has 1 unspecified atom stereocenters. The lowest BCUT2D eigenvalue weighted by Crippen LogP contribution is -2.50. The minimum absolute atomic E-state index is 0.0234. The molecule has 1 aliphatic heterocycles. The Balaban J connectivity index is 3.10. The molecule has 206 valence electrons. The summed E-state index contributed by atoms with van der Waals surface area (Å²) in [7, 11) is 0. The van der Waals surface area contributed by atoms with Crippen molar-refractivity contribution in [2.75, 3.05) is 72.0 Å². The Hall–Kier alpha value is -2.74. The molecule has 1 amide bonds. The van der Waals surface area contributed by atoms with E-state index in [1.54, 1.807) is 14.7 Å². The van der Waals surface area contributed by atoms with E-state index in [2.05, 4.69) is 11.9 Å². The van der Waals surface area contributed by atoms with Gasteiger partial charge >= 0.3 is 17.9 Å². The number of carbonyl (C=O) groups is 4. The number of amides is 1. The number of nitrogens with one attached hydrogen (secondary N) is 1. The van der Waals surface area contributed by atoms with Gasteiger partial charge in [-0.05, 0) is 20.3 Å². The molecule has 0 aromatic rings. The van der Waals surface area contributed by atoms with E-state index in [4.69, 9.17) is 0 Å². The molecular weight excluding hydrogens is 474 g/mol. The number of hydrogen-bond donors (Lipinski definition) is 5. The van der Waals surface area contributed by atoms with Crippen LogP contribution in [0.2, 0.25) is 0 Å². The summed E-state index contributed by atoms with van der Waals surface area (Å²) in [6.07, 6.45) is 0.443. The normalized spacial score (nSPS) is 18.6. The van der Waals surface area contributed by atoms with Crippen LogP contribution in [0.5, 0.6) is 0 Å². The molecule has 0 radical (unpaired) electrons. The molecule has 13 heteroatoms. The number of carbonyl (C=O) groups excluding carboxylic acids is 1. The van der Waals surface area contributed by atoms with Crippen LogP contribution >= 0.6 is 0 Å². The third-order valence-corrected chi connectivity index (χ3v) is 5.87. The fourth-order valence-corrected chi connectivity index (χ4v) is 4.13. The topological polar surface area (TPSA) is 174 Å². The van der Waals surface area contributed by atoms with Gasteiger partial charge in [-0.3, -0.25) is 38.8 Å². The fraction of sp³-hybridized carbons (Fsp3) is 0.739. The van der Waals surface area contributed by atoms with E-state index < -0.39 is 23.9 Å². The molecule has 0 saturated carbocycles. The summed E-state index contributed by atoms with van der Waals surface area (Å²) in [6.45, 7) is 9.16. The lowest BCUT2D eigenvalue weighted by atomic mass is 10.1. The van der Waals surface area contributed by atoms with Gasteiger partial charge in [-0.2, -0.15) is 0 Å². The van der Waals surface area contributed by atoms with Gasteiger partial charge in [0.25, 0.3) is 0 Å². The van der Waals surface area contributed by atoms with Crippen molar-refractivity contribution in [3.05, 3.63) is 12.3 Å². The maximum absolute atomic E-state index is 12.2. The molecule has 1 fully saturated rings. The number of carboxylic acids is 3. The summed E-state index contributed by atoms with van der Waals surface area (Å²) < 4.78 is 0. The van der Waals surface area contributed by atoms with Gasteiger partial charge in [0.15, 0.2) is 0 Å². The van der Waals surface area contributed by atoms with E-state index in [9.17, 15) is 39.6 Å². The van der Waals surface area contributed by atoms with Crippen molar-refractivity contribution in [3.8, 4) is 0 Å². The molecule has 1 saturated heterocycles. The highest BCUT2D eigenvalue weighted by molar-refractivity contribution is 5.76. The zero-order valence-corrected chi connectivity index (χ0v) is 21.3. The molecule has 36 heavy (non-hydrogen) atoms. The van der Waals surface area contributed by atoms with E-state index in [1.165, 1.54) is 0 Å². The van der Waals surface area contributed by atoms with E-state index in [1.807, 2.05) is 18.7 Å². The third kappa shape index (κ3) is 13.4. The molecule has 0 bridgehead atoms. The van der Waals surface area contributed by atoms with Gasteiger partial charge in [-0.15, -0.1) is 0 Å². The van der Waals surface area contributed by atoms with Crippen molar-refractivity contribution in [1.82, 2.24) is 24.9 Å². The average molecular weight is 516 g/mol. The van der Waals surface area contributed by atoms with Gasteiger partial charge in [0.1, 0.15) is 5.76 Å². The minimum Gasteiger partial charge on any atom is -0.511 e. The van der Waals surface area contributed by atoms with Crippen LogP contribution in [0.3, 0.4) is 0 Å². The monoisotopic (exact) mass is 515 g/mol. The summed E-state index contributed by atoms with van der Waals surface area (Å²) in [6, 6.07) is -0.600. The zero-order chi connectivity index (χ0) is 27.3. The molecule has 1 aliphatic rings. The van der Waals surface area contributed by atoms with Crippen molar-refractivity contribution in [3.63, 3.8) is 0 Å². The van der Waals surface area contributed by atoms with E-state index in [0.717, 1.165) is 0 Å². The Kier molecular flexibility index (Phi) is 14.0. The number of aliphatic hydroxyl groups excluding tert-OH is 1. The van der Waals surface area contributed by atoms with Gasteiger partial charge in [-0.1, -0.05) is 6.58 Å². The van der Waals surface area contributed by atoms with Crippen molar-refractivity contribution in [1.29, 1.82) is 0 Å². The lowest BCUT2D eigenvalue weighted by Gasteiger charge is -2.36. The number of rotatable bonds is 12. The maximum atomic E-state index is 12.2. The second-order valence-corrected chi connectivity index (χ2v) is 9.31. The van der Waals surface area contributed by atoms with Crippen molar-refractivity contribution in [2.24, 2.45) is 0 Å². The summed E-state index contributed by atoms with van der Waals surface area (Å²) in [4.78, 5) is 53.3. The lowest BCUT2D eigenvalue weighted by molar-refractivity contribution is -0.140. The molecular formula is C23H41N5O8. The molecule has 0 aromatic heterocycles. The van der Waals surface area contributed by atoms with E-state index in [0.29, 0.717) is 52.4 Å². The van der Waals surface area contributed by atoms with Crippen LogP contribution in [0.4, 0.5) is 0 Å². The molecule has 0 aliphatic carbocycles. The molecule has 13 nitrogen and oxygen atoms in total. The first-order valence-corrected chi connectivity index (χ1v) is 12.1. The Morgan fingerprint density at radius 3 is 1.39 bits per heavy atom. The highest BCUT2D eigenvalue weighted by atomic mass is 16.4. The standard InChI is InChI=1S/C23H41N5O8/c1-17(2)24-20(30)5-4-19(18(3)29)28-12-10-26(15-22(33)34)8-6-25(14-21(31)32)7-9-27(11-13-28)16-23(35)36/h17,19,29H,3-16H2,1-2H3,(H,24,30)(H,31,32)(H,33,34)(H,35,36). The zero-order valence-electron chi connectivity index (χ0n) is 21.3. The third-order valence-electron chi connectivity index (χ3n) is 5.87. The number of hydrogen-bond acceptors (Lipinski definition) is 9. The highest BCUT2D eigenvalue weighted by Crippen LogP contribution is 2.15. The minimum atomic E-state index is -1.02. The number of nitrogens with zero attached hydrogens (tertiary/aromatic N) is 4. The second-order valence-electron chi connectivity index (χ2n) is 9.31. The van der Waals surface area contributed by atoms with Crippen LogP contribution in [0, 0.1) is 0 Å². The molecule has 0 aromatic carbocycles. The van der Waals surface area contributed by atoms with Crippen LogP contribution in [0.1, 0.15) is 26.7 Å². The van der Waals surface area contributed by atoms with Gasteiger partial charge < -0.3 is 25.7 Å². The first kappa shape index (κ1) is 31.3. The van der Waals surface area contributed by atoms with Crippen LogP contribution in [0.15, 0.2) is 12.3 Å². The van der Waals surface area contributed by atoms with Gasteiger partial charge in [0.05, 0.1) is 25.7 Å². The van der Waals surface area contributed by atoms with Gasteiger partial charge in [0, 0.05) is 64.8 Å². The molecule has 5 N–H and O–H groups in total. The van der Waals surface area contributed by atoms with Crippen LogP contribution < -0.4 is 5.32 Å². The number of carboxylic acid groups (broad SMARTS) is 3. The molecule has 1 rings (SSSR count). The first-order chi connectivity index (χ1) is 16.9. The van der Waals surface area contributed by atoms with Crippen molar-refractivity contribution < 1.29 is 39.6 Å². The molecule has 1 heterocycles. The van der Waals surface area contributed by atoms with Gasteiger partial charge in [-0.25, -0.2) is 0 Å². The Bertz CT molecular complexity index is 731. The summed E-state index contributed by atoms with van der Waals surface area (Å²) in [5, 5.41) is 41.1. The van der Waals surface area contributed by atoms with Crippen LogP contribution in [-0.4, -0.2) is 148 Å².